The highest BCUT2D eigenvalue weighted by atomic mass is 19.2. The Morgan fingerprint density at radius 3 is 0.933 bits per heavy atom. The number of aliphatic hydroxyl groups is 1. The summed E-state index contributed by atoms with van der Waals surface area (Å²) in [5.74, 6) is -71.4. The van der Waals surface area contributed by atoms with Gasteiger partial charge < -0.3 is 5.11 Å². The molecule has 0 amide bonds. The zero-order chi connectivity index (χ0) is 44.9. The topological polar surface area (TPSA) is 37.0 Å². The maximum atomic E-state index is 15.4. The number of hydrogen-bond donors (Lipinski definition) is 1. The molecule has 5 aromatic carbocycles. The molecule has 1 N–H and O–H groups in total. The number of aliphatic hydroxyl groups excluding tert-OH is 1. The lowest BCUT2D eigenvalue weighted by Gasteiger charge is -2.44. The second kappa shape index (κ2) is 16.8. The Morgan fingerprint density at radius 2 is 0.667 bits per heavy atom. The van der Waals surface area contributed by atoms with Crippen molar-refractivity contribution < 1.29 is 97.5 Å². The highest BCUT2D eigenvalue weighted by Crippen LogP contribution is 2.30. The van der Waals surface area contributed by atoms with Crippen LogP contribution in [0.5, 0.6) is 0 Å². The number of halogens is 20. The van der Waals surface area contributed by atoms with Crippen LogP contribution < -0.4 is 26.4 Å². The molecule has 0 saturated heterocycles. The Morgan fingerprint density at radius 1 is 0.400 bits per heavy atom. The average molecular weight is 880 g/mol. The lowest BCUT2D eigenvalue weighted by atomic mass is 9.12. The van der Waals surface area contributed by atoms with E-state index in [1.54, 1.807) is 6.20 Å². The van der Waals surface area contributed by atoms with Gasteiger partial charge in [0, 0.05) is 5.56 Å². The van der Waals surface area contributed by atoms with E-state index in [2.05, 4.69) is 17.1 Å². The van der Waals surface area contributed by atoms with E-state index in [1.165, 1.54) is 5.56 Å². The maximum Gasteiger partial charge on any atom is 0.200 e. The average Bonchev–Trinajstić information content (AvgIpc) is 3.24. The van der Waals surface area contributed by atoms with Crippen LogP contribution in [-0.2, 0) is 13.2 Å². The van der Waals surface area contributed by atoms with Crippen molar-refractivity contribution >= 4 is 28.0 Å². The van der Waals surface area contributed by atoms with Crippen LogP contribution in [0.25, 0.3) is 0 Å². The molecule has 3 nitrogen and oxygen atoms in total. The van der Waals surface area contributed by atoms with Gasteiger partial charge in [0.25, 0.3) is 0 Å². The molecule has 0 aliphatic rings. The Kier molecular flexibility index (Phi) is 12.6. The molecule has 0 bridgehead atoms. The molecule has 0 fully saturated rings. The standard InChI is InChI=1S/C24BF20.C12H13N2O/c26-5-1(6(27)14(35)21(42)13(5)34)25(2-7(28)15(36)22(43)16(37)8(2)29,3-9(30)17(38)23(44)18(39)10(3)31)4-11(32)19(40)24(45)20(41)12(4)33;15-10-12-9-14(7-6-13-12)8-11-4-2-1-3-5-11/h;1-7,9,15H,8,10H2/q-1;+1. The molecule has 316 valence electrons. The van der Waals surface area contributed by atoms with E-state index in [0.29, 0.717) is 5.69 Å². The summed E-state index contributed by atoms with van der Waals surface area (Å²) in [6.45, 7) is 0.784. The van der Waals surface area contributed by atoms with Gasteiger partial charge in [-0.3, -0.25) is 0 Å². The lowest BCUT2D eigenvalue weighted by molar-refractivity contribution is -0.689. The van der Waals surface area contributed by atoms with Crippen LogP contribution in [-0.4, -0.2) is 16.2 Å². The molecule has 0 unspecified atom stereocenters. The molecule has 1 aromatic heterocycles. The summed E-state index contributed by atoms with van der Waals surface area (Å²) in [4.78, 5) is 4.03. The minimum atomic E-state index is -7.22. The van der Waals surface area contributed by atoms with E-state index in [1.807, 2.05) is 35.2 Å². The predicted molar refractivity (Wildman–Crippen MR) is 165 cm³/mol. The van der Waals surface area contributed by atoms with Gasteiger partial charge in [0.15, 0.2) is 88.7 Å². The second-order valence-corrected chi connectivity index (χ2v) is 12.2. The fraction of sp³-hybridized carbons (Fsp3) is 0.0556. The van der Waals surface area contributed by atoms with Gasteiger partial charge >= 0.3 is 0 Å². The third-order valence-corrected chi connectivity index (χ3v) is 8.89. The van der Waals surface area contributed by atoms with Crippen molar-refractivity contribution in [3.8, 4) is 0 Å². The van der Waals surface area contributed by atoms with E-state index in [-0.39, 0.29) is 6.61 Å². The van der Waals surface area contributed by atoms with Gasteiger partial charge in [0.05, 0.1) is 12.8 Å². The molecule has 60 heavy (non-hydrogen) atoms. The van der Waals surface area contributed by atoms with Crippen molar-refractivity contribution in [2.45, 2.75) is 13.2 Å². The summed E-state index contributed by atoms with van der Waals surface area (Å²) in [7, 11) is 0. The Labute approximate surface area is 320 Å². The normalized spacial score (nSPS) is 11.6. The van der Waals surface area contributed by atoms with Crippen molar-refractivity contribution in [2.24, 2.45) is 0 Å². The quantitative estimate of drug-likeness (QED) is 0.0634. The second-order valence-electron chi connectivity index (χ2n) is 12.2. The SMILES string of the molecule is Fc1c(F)c(F)c([B-](c2c(F)c(F)c(F)c(F)c2F)(c2c(F)c(F)c(F)c(F)c2F)c2c(F)c(F)c(F)c(F)c2F)c(F)c1F.OCc1c[n+](Cc2ccccc2)ccn1. The number of aromatic nitrogens is 2. The molecule has 6 aromatic rings. The summed E-state index contributed by atoms with van der Waals surface area (Å²) >= 11 is 0. The zero-order valence-electron chi connectivity index (χ0n) is 28.5. The molecule has 0 saturated carbocycles. The third-order valence-electron chi connectivity index (χ3n) is 8.89. The highest BCUT2D eigenvalue weighted by molar-refractivity contribution is 7.20. The maximum absolute atomic E-state index is 15.4. The van der Waals surface area contributed by atoms with E-state index in [0.717, 1.165) is 6.54 Å². The van der Waals surface area contributed by atoms with Gasteiger partial charge in [-0.1, -0.05) is 30.3 Å². The minimum absolute atomic E-state index is 0.0182. The van der Waals surface area contributed by atoms with Gasteiger partial charge in [0.2, 0.25) is 0 Å². The van der Waals surface area contributed by atoms with E-state index >= 15 is 35.1 Å². The molecule has 0 aliphatic heterocycles. The fourth-order valence-electron chi connectivity index (χ4n) is 6.33. The van der Waals surface area contributed by atoms with Crippen molar-refractivity contribution in [1.29, 1.82) is 0 Å². The van der Waals surface area contributed by atoms with Gasteiger partial charge in [-0.25, -0.2) is 92.8 Å². The summed E-state index contributed by atoms with van der Waals surface area (Å²) in [5, 5.41) is 8.95. The summed E-state index contributed by atoms with van der Waals surface area (Å²) in [6.07, 6.45) is -1.77. The van der Waals surface area contributed by atoms with Crippen LogP contribution in [0.1, 0.15) is 11.3 Å². The largest absolute Gasteiger partial charge is 0.390 e. The zero-order valence-corrected chi connectivity index (χ0v) is 28.5. The van der Waals surface area contributed by atoms with E-state index in [4.69, 9.17) is 5.11 Å². The van der Waals surface area contributed by atoms with Crippen LogP contribution in [0.15, 0.2) is 48.9 Å². The Bertz CT molecular complexity index is 2300. The molecular formula is C36H13BF20N2O. The Balaban J connectivity index is 0.000000379. The first-order valence-electron chi connectivity index (χ1n) is 15.8. The van der Waals surface area contributed by atoms with Crippen LogP contribution in [0, 0.1) is 116 Å². The summed E-state index contributed by atoms with van der Waals surface area (Å²) in [5.41, 5.74) is -12.4. The van der Waals surface area contributed by atoms with Crippen molar-refractivity contribution in [3.05, 3.63) is 177 Å². The first kappa shape index (κ1) is 44.9. The van der Waals surface area contributed by atoms with Crippen molar-refractivity contribution in [3.63, 3.8) is 0 Å². The van der Waals surface area contributed by atoms with Crippen molar-refractivity contribution in [2.75, 3.05) is 0 Å². The highest BCUT2D eigenvalue weighted by Gasteiger charge is 2.52. The molecule has 0 spiro atoms. The van der Waals surface area contributed by atoms with Crippen LogP contribution >= 0.6 is 0 Å². The minimum Gasteiger partial charge on any atom is -0.390 e. The fourth-order valence-corrected chi connectivity index (χ4v) is 6.33. The van der Waals surface area contributed by atoms with E-state index < -0.39 is 144 Å². The number of nitrogens with zero attached hydrogens (tertiary/aromatic N) is 2. The first-order chi connectivity index (χ1) is 28.1. The monoisotopic (exact) mass is 880 g/mol. The predicted octanol–water partition coefficient (Wildman–Crippen LogP) is 6.76. The third kappa shape index (κ3) is 7.04. The molecule has 24 heteroatoms. The van der Waals surface area contributed by atoms with Crippen LogP contribution in [0.2, 0.25) is 0 Å². The molecule has 1 heterocycles. The van der Waals surface area contributed by atoms with Crippen molar-refractivity contribution in [1.82, 2.24) is 4.98 Å². The van der Waals surface area contributed by atoms with Crippen LogP contribution in [0.4, 0.5) is 87.8 Å². The molecular weight excluding hydrogens is 867 g/mol. The number of benzene rings is 5. The molecule has 0 radical (unpaired) electrons. The number of hydrogen-bond acceptors (Lipinski definition) is 2. The number of rotatable bonds is 7. The van der Waals surface area contributed by atoms with E-state index in [9.17, 15) is 52.7 Å². The molecule has 0 atom stereocenters. The molecule has 6 rings (SSSR count). The molecule has 0 aliphatic carbocycles. The summed E-state index contributed by atoms with van der Waals surface area (Å²) in [6, 6.07) is 10.2. The van der Waals surface area contributed by atoms with Gasteiger partial charge in [-0.05, 0) is 0 Å². The summed E-state index contributed by atoms with van der Waals surface area (Å²) < 4.78 is 296. The van der Waals surface area contributed by atoms with Gasteiger partial charge in [-0.15, -0.1) is 21.9 Å². The van der Waals surface area contributed by atoms with Gasteiger partial charge in [0.1, 0.15) is 58.4 Å². The Hall–Kier alpha value is -6.20. The van der Waals surface area contributed by atoms with Crippen LogP contribution in [0.3, 0.4) is 0 Å². The van der Waals surface area contributed by atoms with Gasteiger partial charge in [-0.2, -0.15) is 4.57 Å². The lowest BCUT2D eigenvalue weighted by Crippen LogP contribution is -2.81. The smallest absolute Gasteiger partial charge is 0.200 e. The first-order valence-corrected chi connectivity index (χ1v) is 15.8.